The van der Waals surface area contributed by atoms with Gasteiger partial charge in [0.15, 0.2) is 0 Å². The molecule has 3 rings (SSSR count). The third kappa shape index (κ3) is 3.21. The zero-order chi connectivity index (χ0) is 14.7. The van der Waals surface area contributed by atoms with Gasteiger partial charge in [-0.25, -0.2) is 0 Å². The Morgan fingerprint density at radius 3 is 2.95 bits per heavy atom. The predicted octanol–water partition coefficient (Wildman–Crippen LogP) is 2.42. The van der Waals surface area contributed by atoms with E-state index in [1.165, 1.54) is 5.69 Å². The maximum absolute atomic E-state index is 12.3. The molecule has 2 aromatic rings. The van der Waals surface area contributed by atoms with Gasteiger partial charge in [0.2, 0.25) is 5.91 Å². The van der Waals surface area contributed by atoms with Crippen molar-refractivity contribution in [1.82, 2.24) is 15.1 Å². The summed E-state index contributed by atoms with van der Waals surface area (Å²) < 4.78 is 2.01. The highest BCUT2D eigenvalue weighted by atomic mass is 16.1. The fraction of sp³-hybridized carbons (Fsp3) is 0.294. The predicted molar refractivity (Wildman–Crippen MR) is 82.6 cm³/mol. The van der Waals surface area contributed by atoms with Gasteiger partial charge in [-0.1, -0.05) is 30.3 Å². The topological polar surface area (TPSA) is 46.9 Å². The maximum atomic E-state index is 12.3. The lowest BCUT2D eigenvalue weighted by atomic mass is 10.0. The van der Waals surface area contributed by atoms with E-state index < -0.39 is 0 Å². The molecule has 0 unspecified atom stereocenters. The summed E-state index contributed by atoms with van der Waals surface area (Å²) in [6.45, 7) is 2.73. The van der Waals surface area contributed by atoms with Crippen LogP contribution in [0.3, 0.4) is 0 Å². The zero-order valence-electron chi connectivity index (χ0n) is 12.1. The van der Waals surface area contributed by atoms with Gasteiger partial charge in [0, 0.05) is 36.5 Å². The summed E-state index contributed by atoms with van der Waals surface area (Å²) in [6, 6.07) is 12.1. The Balaban J connectivity index is 1.63. The molecule has 0 saturated carbocycles. The molecule has 0 saturated heterocycles. The lowest BCUT2D eigenvalue weighted by molar-refractivity contribution is -0.118. The number of benzene rings is 1. The molecule has 0 bridgehead atoms. The third-order valence-electron chi connectivity index (χ3n) is 3.83. The summed E-state index contributed by atoms with van der Waals surface area (Å²) in [7, 11) is 0. The van der Waals surface area contributed by atoms with Gasteiger partial charge >= 0.3 is 0 Å². The number of carbonyl (C=O) groups excluding carboxylic acids is 1. The highest BCUT2D eigenvalue weighted by Crippen LogP contribution is 2.14. The number of aryl methyl sites for hydroxylation is 1. The van der Waals surface area contributed by atoms with Crippen LogP contribution in [0, 0.1) is 0 Å². The van der Waals surface area contributed by atoms with Crippen molar-refractivity contribution in [3.63, 3.8) is 0 Å². The molecule has 4 heteroatoms. The third-order valence-corrected chi connectivity index (χ3v) is 3.83. The van der Waals surface area contributed by atoms with Gasteiger partial charge < -0.3 is 5.32 Å². The van der Waals surface area contributed by atoms with Crippen LogP contribution in [-0.4, -0.2) is 21.7 Å². The number of aromatic nitrogens is 2. The number of nitrogens with one attached hydrogen (secondary N) is 1. The van der Waals surface area contributed by atoms with Crippen LogP contribution in [0.15, 0.2) is 48.2 Å². The summed E-state index contributed by atoms with van der Waals surface area (Å²) >= 11 is 0. The van der Waals surface area contributed by atoms with Crippen LogP contribution in [0.1, 0.15) is 24.6 Å². The van der Waals surface area contributed by atoms with Gasteiger partial charge in [-0.3, -0.25) is 9.48 Å². The molecule has 4 nitrogen and oxygen atoms in total. The highest BCUT2D eigenvalue weighted by Gasteiger charge is 2.20. The van der Waals surface area contributed by atoms with Crippen LogP contribution in [0.25, 0.3) is 6.08 Å². The lowest BCUT2D eigenvalue weighted by Gasteiger charge is -2.24. The van der Waals surface area contributed by atoms with Gasteiger partial charge in [0.1, 0.15) is 0 Å². The van der Waals surface area contributed by atoms with Crippen molar-refractivity contribution < 1.29 is 4.79 Å². The average molecular weight is 281 g/mol. The van der Waals surface area contributed by atoms with Gasteiger partial charge in [-0.2, -0.15) is 5.10 Å². The average Bonchev–Trinajstić information content (AvgIpc) is 2.95. The summed E-state index contributed by atoms with van der Waals surface area (Å²) in [4.78, 5) is 12.3. The van der Waals surface area contributed by atoms with E-state index in [1.807, 2.05) is 60.3 Å². The minimum atomic E-state index is 0.0109. The fourth-order valence-corrected chi connectivity index (χ4v) is 2.65. The van der Waals surface area contributed by atoms with Gasteiger partial charge in [-0.05, 0) is 31.1 Å². The minimum absolute atomic E-state index is 0.0109. The molecule has 21 heavy (non-hydrogen) atoms. The molecule has 108 valence electrons. The molecule has 1 amide bonds. The van der Waals surface area contributed by atoms with Crippen LogP contribution >= 0.6 is 0 Å². The van der Waals surface area contributed by atoms with Crippen molar-refractivity contribution in [2.45, 2.75) is 32.4 Å². The number of hydrogen-bond acceptors (Lipinski definition) is 2. The maximum Gasteiger partial charge on any atom is 0.247 e. The van der Waals surface area contributed by atoms with E-state index in [4.69, 9.17) is 0 Å². The molecule has 1 aliphatic rings. The Morgan fingerprint density at radius 2 is 2.14 bits per heavy atom. The molecule has 0 aliphatic carbocycles. The van der Waals surface area contributed by atoms with Crippen LogP contribution in [0.4, 0.5) is 0 Å². The first-order valence-electron chi connectivity index (χ1n) is 7.27. The fourth-order valence-electron chi connectivity index (χ4n) is 2.65. The van der Waals surface area contributed by atoms with Gasteiger partial charge in [-0.15, -0.1) is 0 Å². The van der Waals surface area contributed by atoms with Crippen molar-refractivity contribution in [3.05, 3.63) is 59.4 Å². The van der Waals surface area contributed by atoms with Crippen molar-refractivity contribution in [2.24, 2.45) is 0 Å². The van der Waals surface area contributed by atoms with Crippen LogP contribution < -0.4 is 5.32 Å². The number of hydrogen-bond donors (Lipinski definition) is 1. The smallest absolute Gasteiger partial charge is 0.247 e. The Kier molecular flexibility index (Phi) is 3.86. The number of nitrogens with zero attached hydrogens (tertiary/aromatic N) is 2. The molecule has 1 aromatic carbocycles. The summed E-state index contributed by atoms with van der Waals surface area (Å²) in [5.41, 5.74) is 2.98. The second kappa shape index (κ2) is 5.95. The first-order valence-corrected chi connectivity index (χ1v) is 7.27. The molecule has 1 N–H and O–H groups in total. The lowest BCUT2D eigenvalue weighted by Crippen LogP contribution is -2.40. The van der Waals surface area contributed by atoms with E-state index >= 15 is 0 Å². The molecule has 0 spiro atoms. The molecule has 1 atom stereocenters. The Hall–Kier alpha value is -2.36. The zero-order valence-corrected chi connectivity index (χ0v) is 12.1. The minimum Gasteiger partial charge on any atom is -0.349 e. The standard InChI is InChI=1S/C17H19N3O/c1-13(11-14-5-3-2-4-6-14)17(21)19-15-8-10-20-16(12-15)7-9-18-20/h2-7,9,11,15H,8,10,12H2,1H3,(H,19,21)/b13-11+/t15-/m0/s1. The first kappa shape index (κ1) is 13.6. The van der Waals surface area contributed by atoms with E-state index in [0.29, 0.717) is 0 Å². The number of carbonyl (C=O) groups is 1. The SMILES string of the molecule is C/C(=C\c1ccccc1)C(=O)N[C@H]1CCn2nccc2C1. The van der Waals surface area contributed by atoms with E-state index in [-0.39, 0.29) is 11.9 Å². The van der Waals surface area contributed by atoms with E-state index in [2.05, 4.69) is 10.4 Å². The molecule has 0 fully saturated rings. The summed E-state index contributed by atoms with van der Waals surface area (Å²) in [5.74, 6) is 0.0109. The van der Waals surface area contributed by atoms with Crippen LogP contribution in [0.2, 0.25) is 0 Å². The number of amides is 1. The molecule has 2 heterocycles. The molecular formula is C17H19N3O. The second-order valence-electron chi connectivity index (χ2n) is 5.45. The van der Waals surface area contributed by atoms with Crippen LogP contribution in [0.5, 0.6) is 0 Å². The highest BCUT2D eigenvalue weighted by molar-refractivity contribution is 5.97. The quantitative estimate of drug-likeness (QED) is 0.878. The first-order chi connectivity index (χ1) is 10.2. The molecule has 1 aromatic heterocycles. The van der Waals surface area contributed by atoms with Gasteiger partial charge in [0.05, 0.1) is 0 Å². The summed E-state index contributed by atoms with van der Waals surface area (Å²) in [5, 5.41) is 7.38. The number of fused-ring (bicyclic) bond motifs is 1. The van der Waals surface area contributed by atoms with E-state index in [1.54, 1.807) is 0 Å². The van der Waals surface area contributed by atoms with Crippen molar-refractivity contribution >= 4 is 12.0 Å². The summed E-state index contributed by atoms with van der Waals surface area (Å²) in [6.07, 6.45) is 5.52. The Morgan fingerprint density at radius 1 is 1.33 bits per heavy atom. The molecule has 0 radical (unpaired) electrons. The molecule has 1 aliphatic heterocycles. The van der Waals surface area contributed by atoms with Crippen molar-refractivity contribution in [3.8, 4) is 0 Å². The largest absolute Gasteiger partial charge is 0.349 e. The van der Waals surface area contributed by atoms with Gasteiger partial charge in [0.25, 0.3) is 0 Å². The van der Waals surface area contributed by atoms with Crippen molar-refractivity contribution in [2.75, 3.05) is 0 Å². The normalized spacial score (nSPS) is 18.1. The van der Waals surface area contributed by atoms with Crippen molar-refractivity contribution in [1.29, 1.82) is 0 Å². The Labute approximate surface area is 124 Å². The number of rotatable bonds is 3. The van der Waals surface area contributed by atoms with Crippen LogP contribution in [-0.2, 0) is 17.8 Å². The monoisotopic (exact) mass is 281 g/mol. The Bertz CT molecular complexity index is 658. The molecular weight excluding hydrogens is 262 g/mol. The van der Waals surface area contributed by atoms with E-state index in [0.717, 1.165) is 30.5 Å². The second-order valence-corrected chi connectivity index (χ2v) is 5.45. The van der Waals surface area contributed by atoms with E-state index in [9.17, 15) is 4.79 Å².